The molecule has 23 heavy (non-hydrogen) atoms. The van der Waals surface area contributed by atoms with Gasteiger partial charge in [-0.05, 0) is 19.9 Å². The molecular weight excluding hydrogens is 298 g/mol. The van der Waals surface area contributed by atoms with Gasteiger partial charge in [0.05, 0.1) is 14.2 Å². The Morgan fingerprint density at radius 1 is 0.913 bits per heavy atom. The first-order valence-electron chi connectivity index (χ1n) is 6.43. The predicted octanol–water partition coefficient (Wildman–Crippen LogP) is 1.70. The lowest BCUT2D eigenvalue weighted by atomic mass is 10.2. The van der Waals surface area contributed by atoms with E-state index in [1.54, 1.807) is 37.2 Å². The number of carbonyl (C=O) groups excluding carboxylic acids is 2. The first kappa shape index (κ1) is 22.2. The topological polar surface area (TPSA) is 103 Å². The van der Waals surface area contributed by atoms with Gasteiger partial charge in [0.15, 0.2) is 5.57 Å². The highest BCUT2D eigenvalue weighted by Gasteiger charge is 2.07. The molecule has 0 amide bonds. The zero-order valence-electron chi connectivity index (χ0n) is 14.2. The molecule has 124 valence electrons. The van der Waals surface area contributed by atoms with Crippen LogP contribution in [0.25, 0.3) is 0 Å². The van der Waals surface area contributed by atoms with Gasteiger partial charge in [-0.3, -0.25) is 0 Å². The largest absolute Gasteiger partial charge is 0.465 e. The molecule has 0 aromatic heterocycles. The minimum absolute atomic E-state index is 0.00231. The van der Waals surface area contributed by atoms with Crippen molar-refractivity contribution in [3.63, 3.8) is 0 Å². The first-order valence-corrected chi connectivity index (χ1v) is 6.43. The Labute approximate surface area is 136 Å². The third-order valence-corrected chi connectivity index (χ3v) is 2.02. The lowest BCUT2D eigenvalue weighted by molar-refractivity contribution is -0.136. The Morgan fingerprint density at radius 3 is 1.65 bits per heavy atom. The summed E-state index contributed by atoms with van der Waals surface area (Å²) < 4.78 is 8.72. The Hall–Kier alpha value is -3.06. The van der Waals surface area contributed by atoms with Gasteiger partial charge in [-0.1, -0.05) is 11.6 Å². The number of esters is 2. The van der Waals surface area contributed by atoms with Crippen molar-refractivity contribution >= 4 is 11.9 Å². The van der Waals surface area contributed by atoms with Crippen LogP contribution in [0.3, 0.4) is 0 Å². The first-order chi connectivity index (χ1) is 10.7. The summed E-state index contributed by atoms with van der Waals surface area (Å²) in [6.07, 6.45) is 4.54. The van der Waals surface area contributed by atoms with Crippen LogP contribution < -0.4 is 0 Å². The summed E-state index contributed by atoms with van der Waals surface area (Å²) >= 11 is 0. The van der Waals surface area contributed by atoms with E-state index >= 15 is 0 Å². The molecule has 0 aromatic rings. The van der Waals surface area contributed by atoms with E-state index in [1.165, 1.54) is 26.5 Å². The van der Waals surface area contributed by atoms with Crippen LogP contribution in [0.1, 0.15) is 13.8 Å². The highest BCUT2D eigenvalue weighted by atomic mass is 16.5. The number of rotatable bonds is 4. The molecule has 0 saturated heterocycles. The van der Waals surface area contributed by atoms with Crippen LogP contribution in [-0.2, 0) is 19.1 Å². The SMILES string of the molecule is COC(=O)/C(C#N)=C/C=C(C)C.COC(=O)/C(C#N)=C/N(C)C. The van der Waals surface area contributed by atoms with E-state index in [4.69, 9.17) is 10.5 Å². The van der Waals surface area contributed by atoms with E-state index in [1.807, 2.05) is 13.8 Å². The van der Waals surface area contributed by atoms with Gasteiger partial charge in [0.2, 0.25) is 0 Å². The van der Waals surface area contributed by atoms with Crippen LogP contribution in [0.2, 0.25) is 0 Å². The number of nitriles is 2. The molecule has 0 atom stereocenters. The van der Waals surface area contributed by atoms with E-state index in [0.29, 0.717) is 0 Å². The average Bonchev–Trinajstić information content (AvgIpc) is 2.52. The van der Waals surface area contributed by atoms with E-state index in [9.17, 15) is 9.59 Å². The Bertz CT molecular complexity index is 583. The predicted molar refractivity (Wildman–Crippen MR) is 84.5 cm³/mol. The lowest BCUT2D eigenvalue weighted by Gasteiger charge is -2.04. The highest BCUT2D eigenvalue weighted by molar-refractivity contribution is 5.93. The van der Waals surface area contributed by atoms with Crippen molar-refractivity contribution in [1.82, 2.24) is 4.90 Å². The molecule has 0 N–H and O–H groups in total. The average molecular weight is 319 g/mol. The molecule has 0 aromatic carbocycles. The second-order valence-electron chi connectivity index (χ2n) is 4.54. The van der Waals surface area contributed by atoms with Gasteiger partial charge >= 0.3 is 11.9 Å². The molecule has 7 heteroatoms. The number of methoxy groups -OCH3 is 2. The van der Waals surface area contributed by atoms with Gasteiger partial charge in [-0.25, -0.2) is 9.59 Å². The molecule has 0 unspecified atom stereocenters. The maximum absolute atomic E-state index is 10.8. The number of hydrogen-bond acceptors (Lipinski definition) is 7. The van der Waals surface area contributed by atoms with E-state index in [0.717, 1.165) is 5.57 Å². The minimum Gasteiger partial charge on any atom is -0.465 e. The summed E-state index contributed by atoms with van der Waals surface area (Å²) in [6, 6.07) is 3.48. The van der Waals surface area contributed by atoms with Crippen LogP contribution in [0, 0.1) is 22.7 Å². The van der Waals surface area contributed by atoms with Crippen molar-refractivity contribution < 1.29 is 19.1 Å². The highest BCUT2D eigenvalue weighted by Crippen LogP contribution is 1.98. The number of carbonyl (C=O) groups is 2. The van der Waals surface area contributed by atoms with Crippen molar-refractivity contribution in [3.8, 4) is 12.1 Å². The summed E-state index contributed by atoms with van der Waals surface area (Å²) in [5.74, 6) is -1.21. The molecule has 0 radical (unpaired) electrons. The fourth-order valence-corrected chi connectivity index (χ4v) is 1.01. The van der Waals surface area contributed by atoms with Gasteiger partial charge < -0.3 is 14.4 Å². The number of ether oxygens (including phenoxy) is 2. The van der Waals surface area contributed by atoms with Gasteiger partial charge in [-0.2, -0.15) is 10.5 Å². The second-order valence-corrected chi connectivity index (χ2v) is 4.54. The molecule has 0 fully saturated rings. The Balaban J connectivity index is 0. The molecule has 0 bridgehead atoms. The smallest absolute Gasteiger partial charge is 0.350 e. The van der Waals surface area contributed by atoms with Crippen molar-refractivity contribution in [2.24, 2.45) is 0 Å². The Kier molecular flexibility index (Phi) is 12.2. The third-order valence-electron chi connectivity index (χ3n) is 2.02. The quantitative estimate of drug-likeness (QED) is 0.336. The molecule has 7 nitrogen and oxygen atoms in total. The van der Waals surface area contributed by atoms with Crippen molar-refractivity contribution in [1.29, 1.82) is 10.5 Å². The third kappa shape index (κ3) is 11.3. The van der Waals surface area contributed by atoms with Crippen LogP contribution in [-0.4, -0.2) is 45.2 Å². The number of nitrogens with zero attached hydrogens (tertiary/aromatic N) is 3. The van der Waals surface area contributed by atoms with Crippen LogP contribution in [0.5, 0.6) is 0 Å². The zero-order valence-corrected chi connectivity index (χ0v) is 14.2. The molecule has 0 aliphatic heterocycles. The maximum Gasteiger partial charge on any atom is 0.350 e. The van der Waals surface area contributed by atoms with E-state index in [-0.39, 0.29) is 11.1 Å². The molecule has 0 aliphatic carbocycles. The van der Waals surface area contributed by atoms with Crippen molar-refractivity contribution in [2.75, 3.05) is 28.3 Å². The van der Waals surface area contributed by atoms with Crippen molar-refractivity contribution in [2.45, 2.75) is 13.8 Å². The van der Waals surface area contributed by atoms with Crippen molar-refractivity contribution in [3.05, 3.63) is 35.1 Å². The Morgan fingerprint density at radius 2 is 1.35 bits per heavy atom. The maximum atomic E-state index is 10.8. The fraction of sp³-hybridized carbons (Fsp3) is 0.375. The van der Waals surface area contributed by atoms with Gasteiger partial charge in [-0.15, -0.1) is 0 Å². The molecule has 0 saturated carbocycles. The zero-order chi connectivity index (χ0) is 18.4. The monoisotopic (exact) mass is 319 g/mol. The number of hydrogen-bond donors (Lipinski definition) is 0. The van der Waals surface area contributed by atoms with Crippen LogP contribution in [0.4, 0.5) is 0 Å². The molecule has 0 spiro atoms. The van der Waals surface area contributed by atoms with Crippen LogP contribution in [0.15, 0.2) is 35.1 Å². The van der Waals surface area contributed by atoms with Crippen LogP contribution >= 0.6 is 0 Å². The summed E-state index contributed by atoms with van der Waals surface area (Å²) in [5, 5.41) is 16.9. The normalized spacial score (nSPS) is 10.1. The summed E-state index contributed by atoms with van der Waals surface area (Å²) in [5.41, 5.74) is 1.03. The van der Waals surface area contributed by atoms with Gasteiger partial charge in [0.1, 0.15) is 17.7 Å². The van der Waals surface area contributed by atoms with Gasteiger partial charge in [0, 0.05) is 20.3 Å². The minimum atomic E-state index is -0.610. The van der Waals surface area contributed by atoms with E-state index in [2.05, 4.69) is 9.47 Å². The number of allylic oxidation sites excluding steroid dienone is 3. The molecule has 0 aliphatic rings. The molecular formula is C16H21N3O4. The second kappa shape index (κ2) is 12.7. The lowest BCUT2D eigenvalue weighted by Crippen LogP contribution is -2.09. The standard InChI is InChI=1S/C9H11NO2.C7H10N2O2/c1-7(2)4-5-8(6-10)9(11)12-3;1-9(2)5-6(4-8)7(10)11-3/h4-5H,1-3H3;5H,1-3H3/b8-5+;6-5+. The van der Waals surface area contributed by atoms with Gasteiger partial charge in [0.25, 0.3) is 0 Å². The summed E-state index contributed by atoms with van der Waals surface area (Å²) in [6.45, 7) is 3.76. The summed E-state index contributed by atoms with van der Waals surface area (Å²) in [4.78, 5) is 23.2. The fourth-order valence-electron chi connectivity index (χ4n) is 1.01. The molecule has 0 heterocycles. The summed E-state index contributed by atoms with van der Waals surface area (Å²) in [7, 11) is 5.93. The van der Waals surface area contributed by atoms with E-state index < -0.39 is 11.9 Å². The molecule has 0 rings (SSSR count).